The summed E-state index contributed by atoms with van der Waals surface area (Å²) in [5.41, 5.74) is -1.54. The highest BCUT2D eigenvalue weighted by atomic mass is 32.2. The molecule has 52 heavy (non-hydrogen) atoms. The number of hydrogen-bond donors (Lipinski definition) is 4. The molecule has 1 heterocycles. The Kier molecular flexibility index (Phi) is 13.7. The second-order valence-electron chi connectivity index (χ2n) is 17.7. The van der Waals surface area contributed by atoms with Crippen LogP contribution in [-0.2, 0) is 29.0 Å². The molecule has 0 unspecified atom stereocenters. The third kappa shape index (κ3) is 9.77. The first kappa shape index (κ1) is 41.8. The molecule has 4 N–H and O–H groups in total. The maximum atomic E-state index is 14.9. The van der Waals surface area contributed by atoms with Gasteiger partial charge in [0.1, 0.15) is 18.1 Å². The van der Waals surface area contributed by atoms with Crippen LogP contribution in [0, 0.1) is 23.2 Å². The standard InChI is InChI=1S/C39H65N5O7S/c1-8-22-40-34(47)31(45)30(27-16-15-17-27)41-33(46)29-23-28(26(2)3)24-44(29)35(48)32(38(7)18-11-9-12-19-38)42-36(49)43-39(20-13-10-14-21-39)25-52(50,51)37(4,5)6/h8,26-30,32H,1,9-25H2,2-7H3,(H,40,47)(H,41,46)(H2,42,43,49)/t28-,29+,30+,32-/m1/s1. The normalized spacial score (nSPS) is 24.6. The summed E-state index contributed by atoms with van der Waals surface area (Å²) in [4.78, 5) is 70.8. The Morgan fingerprint density at radius 1 is 0.885 bits per heavy atom. The molecular formula is C39H65N5O7S. The number of nitrogens with zero attached hydrogens (tertiary/aromatic N) is 1. The van der Waals surface area contributed by atoms with Crippen LogP contribution < -0.4 is 21.3 Å². The zero-order valence-corrected chi connectivity index (χ0v) is 33.3. The van der Waals surface area contributed by atoms with E-state index in [4.69, 9.17) is 0 Å². The fourth-order valence-electron chi connectivity index (χ4n) is 8.53. The Hall–Kier alpha value is -2.96. The van der Waals surface area contributed by atoms with Gasteiger partial charge in [-0.25, -0.2) is 13.2 Å². The molecule has 294 valence electrons. The van der Waals surface area contributed by atoms with Gasteiger partial charge in [-0.15, -0.1) is 6.58 Å². The lowest BCUT2D eigenvalue weighted by atomic mass is 9.70. The molecule has 12 nitrogen and oxygen atoms in total. The fraction of sp³-hybridized carbons (Fsp3) is 0.821. The second-order valence-corrected chi connectivity index (χ2v) is 20.5. The minimum Gasteiger partial charge on any atom is -0.346 e. The largest absolute Gasteiger partial charge is 0.346 e. The van der Waals surface area contributed by atoms with Gasteiger partial charge in [0.2, 0.25) is 17.6 Å². The van der Waals surface area contributed by atoms with Gasteiger partial charge < -0.3 is 26.2 Å². The van der Waals surface area contributed by atoms with Crippen molar-refractivity contribution in [3.05, 3.63) is 12.7 Å². The number of carbonyl (C=O) groups is 5. The molecule has 4 rings (SSSR count). The molecule has 4 aliphatic rings. The summed E-state index contributed by atoms with van der Waals surface area (Å²) in [7, 11) is -3.57. The van der Waals surface area contributed by atoms with Gasteiger partial charge in [0.25, 0.3) is 5.91 Å². The van der Waals surface area contributed by atoms with Crippen molar-refractivity contribution in [1.82, 2.24) is 26.2 Å². The van der Waals surface area contributed by atoms with Gasteiger partial charge in [0, 0.05) is 13.1 Å². The average Bonchev–Trinajstić information content (AvgIpc) is 3.50. The molecule has 1 aliphatic heterocycles. The maximum absolute atomic E-state index is 14.9. The highest BCUT2D eigenvalue weighted by Gasteiger charge is 2.50. The maximum Gasteiger partial charge on any atom is 0.315 e. The minimum atomic E-state index is -3.57. The number of urea groups is 1. The number of ketones is 1. The van der Waals surface area contributed by atoms with Crippen LogP contribution in [0.15, 0.2) is 12.7 Å². The second kappa shape index (κ2) is 17.0. The van der Waals surface area contributed by atoms with Crippen LogP contribution in [0.25, 0.3) is 0 Å². The molecule has 0 spiro atoms. The first-order valence-electron chi connectivity index (χ1n) is 19.7. The van der Waals surface area contributed by atoms with E-state index in [1.807, 2.05) is 6.92 Å². The first-order valence-corrected chi connectivity index (χ1v) is 21.3. The molecule has 0 aromatic carbocycles. The summed E-state index contributed by atoms with van der Waals surface area (Å²) in [5, 5.41) is 11.6. The van der Waals surface area contributed by atoms with Crippen molar-refractivity contribution in [2.45, 2.75) is 160 Å². The number of sulfone groups is 1. The third-order valence-electron chi connectivity index (χ3n) is 12.5. The number of amides is 5. The summed E-state index contributed by atoms with van der Waals surface area (Å²) in [6, 6.07) is -3.40. The summed E-state index contributed by atoms with van der Waals surface area (Å²) in [6.07, 6.45) is 12.1. The highest BCUT2D eigenvalue weighted by molar-refractivity contribution is 7.92. The van der Waals surface area contributed by atoms with Crippen molar-refractivity contribution >= 4 is 39.4 Å². The van der Waals surface area contributed by atoms with E-state index in [0.29, 0.717) is 51.5 Å². The van der Waals surface area contributed by atoms with Crippen LogP contribution in [0.2, 0.25) is 0 Å². The third-order valence-corrected chi connectivity index (χ3v) is 15.3. The van der Waals surface area contributed by atoms with Crippen molar-refractivity contribution in [3.63, 3.8) is 0 Å². The average molecular weight is 748 g/mol. The lowest BCUT2D eigenvalue weighted by molar-refractivity contribution is -0.145. The molecule has 0 bridgehead atoms. The molecule has 0 aromatic heterocycles. The van der Waals surface area contributed by atoms with Crippen LogP contribution in [0.5, 0.6) is 0 Å². The van der Waals surface area contributed by atoms with Crippen molar-refractivity contribution in [3.8, 4) is 0 Å². The first-order chi connectivity index (χ1) is 24.3. The summed E-state index contributed by atoms with van der Waals surface area (Å²) >= 11 is 0. The lowest BCUT2D eigenvalue weighted by Gasteiger charge is -2.44. The molecule has 3 aliphatic carbocycles. The Bertz CT molecular complexity index is 1440. The topological polar surface area (TPSA) is 171 Å². The van der Waals surface area contributed by atoms with Gasteiger partial charge in [-0.2, -0.15) is 0 Å². The fourth-order valence-corrected chi connectivity index (χ4v) is 10.0. The van der Waals surface area contributed by atoms with E-state index in [-0.39, 0.29) is 36.0 Å². The highest BCUT2D eigenvalue weighted by Crippen LogP contribution is 2.41. The minimum absolute atomic E-state index is 0.00944. The van der Waals surface area contributed by atoms with Crippen LogP contribution in [0.3, 0.4) is 0 Å². The molecule has 3 saturated carbocycles. The molecular weight excluding hydrogens is 683 g/mol. The molecule has 0 aromatic rings. The van der Waals surface area contributed by atoms with Gasteiger partial charge >= 0.3 is 6.03 Å². The molecule has 0 radical (unpaired) electrons. The monoisotopic (exact) mass is 747 g/mol. The summed E-state index contributed by atoms with van der Waals surface area (Å²) in [5.74, 6) is -2.46. The molecule has 1 saturated heterocycles. The Morgan fingerprint density at radius 2 is 1.48 bits per heavy atom. The quantitative estimate of drug-likeness (QED) is 0.149. The predicted molar refractivity (Wildman–Crippen MR) is 202 cm³/mol. The summed E-state index contributed by atoms with van der Waals surface area (Å²) in [6.45, 7) is 15.2. The predicted octanol–water partition coefficient (Wildman–Crippen LogP) is 4.57. The van der Waals surface area contributed by atoms with E-state index < -0.39 is 67.3 Å². The SMILES string of the molecule is C=CCNC(=O)C(=O)[C@@H](NC(=O)[C@@H]1C[C@@H](C(C)C)CN1C(=O)[C@@H](NC(=O)NC1(CS(=O)(=O)C(C)(C)C)CCCCC1)C1(C)CCCCC1)C1CCC1. The Morgan fingerprint density at radius 3 is 2.00 bits per heavy atom. The molecule has 5 amide bonds. The number of hydrogen-bond acceptors (Lipinski definition) is 7. The smallest absolute Gasteiger partial charge is 0.315 e. The van der Waals surface area contributed by atoms with E-state index in [9.17, 15) is 32.4 Å². The number of carbonyl (C=O) groups excluding carboxylic acids is 5. The molecule has 13 heteroatoms. The Balaban J connectivity index is 1.62. The van der Waals surface area contributed by atoms with E-state index in [2.05, 4.69) is 41.7 Å². The van der Waals surface area contributed by atoms with E-state index in [1.165, 1.54) is 6.08 Å². The zero-order valence-electron chi connectivity index (χ0n) is 32.5. The zero-order chi connectivity index (χ0) is 38.5. The van der Waals surface area contributed by atoms with E-state index >= 15 is 0 Å². The van der Waals surface area contributed by atoms with Crippen molar-refractivity contribution in [2.24, 2.45) is 23.2 Å². The molecule has 4 fully saturated rings. The summed E-state index contributed by atoms with van der Waals surface area (Å²) < 4.78 is 25.9. The molecule has 4 atom stereocenters. The van der Waals surface area contributed by atoms with Gasteiger partial charge in [0.15, 0.2) is 9.84 Å². The number of Topliss-reactive ketones (excluding diaryl/α,β-unsaturated/α-hetero) is 1. The number of rotatable bonds is 14. The van der Waals surface area contributed by atoms with E-state index in [0.717, 1.165) is 44.9 Å². The van der Waals surface area contributed by atoms with Crippen molar-refractivity contribution in [1.29, 1.82) is 0 Å². The van der Waals surface area contributed by atoms with Gasteiger partial charge in [0.05, 0.1) is 16.0 Å². The van der Waals surface area contributed by atoms with Crippen LogP contribution in [0.1, 0.15) is 131 Å². The van der Waals surface area contributed by atoms with Crippen molar-refractivity contribution in [2.75, 3.05) is 18.8 Å². The number of likely N-dealkylation sites (tertiary alicyclic amines) is 1. The van der Waals surface area contributed by atoms with Crippen LogP contribution in [0.4, 0.5) is 4.79 Å². The van der Waals surface area contributed by atoms with Gasteiger partial charge in [-0.3, -0.25) is 19.2 Å². The van der Waals surface area contributed by atoms with Crippen molar-refractivity contribution < 1.29 is 32.4 Å². The van der Waals surface area contributed by atoms with Crippen LogP contribution in [-0.4, -0.2) is 90.1 Å². The van der Waals surface area contributed by atoms with Gasteiger partial charge in [-0.05, 0) is 88.9 Å². The Labute approximate surface area is 311 Å². The van der Waals surface area contributed by atoms with Gasteiger partial charge in [-0.1, -0.05) is 71.8 Å². The van der Waals surface area contributed by atoms with E-state index in [1.54, 1.807) is 25.7 Å². The lowest BCUT2D eigenvalue weighted by Crippen LogP contribution is -2.64. The van der Waals surface area contributed by atoms with Crippen LogP contribution >= 0.6 is 0 Å². The number of nitrogens with one attached hydrogen (secondary N) is 4.